The molecule has 34 heavy (non-hydrogen) atoms. The summed E-state index contributed by atoms with van der Waals surface area (Å²) in [6, 6.07) is 38.5. The zero-order valence-electron chi connectivity index (χ0n) is 18.6. The van der Waals surface area contributed by atoms with Gasteiger partial charge in [-0.05, 0) is 71.5 Å². The summed E-state index contributed by atoms with van der Waals surface area (Å²) in [5.41, 5.74) is 8.60. The monoisotopic (exact) mass is 438 g/mol. The van der Waals surface area contributed by atoms with Gasteiger partial charge in [0, 0.05) is 21.5 Å². The van der Waals surface area contributed by atoms with Crippen LogP contribution in [-0.4, -0.2) is 0 Å². The molecule has 0 aliphatic heterocycles. The van der Waals surface area contributed by atoms with Crippen LogP contribution in [0.1, 0.15) is 22.3 Å². The molecule has 0 radical (unpaired) electrons. The van der Waals surface area contributed by atoms with Crippen molar-refractivity contribution in [3.8, 4) is 0 Å². The van der Waals surface area contributed by atoms with Gasteiger partial charge in [0.15, 0.2) is 11.2 Å². The van der Waals surface area contributed by atoms with E-state index in [4.69, 9.17) is 8.83 Å². The molecule has 5 aromatic carbocycles. The van der Waals surface area contributed by atoms with Crippen LogP contribution in [0.15, 0.2) is 118 Å². The molecular weight excluding hydrogens is 416 g/mol. The molecule has 2 aromatic heterocycles. The van der Waals surface area contributed by atoms with Crippen molar-refractivity contribution >= 4 is 43.9 Å². The van der Waals surface area contributed by atoms with Crippen LogP contribution >= 0.6 is 0 Å². The summed E-state index contributed by atoms with van der Waals surface area (Å²) in [5, 5.41) is 4.47. The fraction of sp³-hybridized carbons (Fsp3) is 0.0625. The summed E-state index contributed by atoms with van der Waals surface area (Å²) < 4.78 is 12.7. The van der Waals surface area contributed by atoms with E-state index < -0.39 is 0 Å². The summed E-state index contributed by atoms with van der Waals surface area (Å²) in [7, 11) is 0. The molecule has 0 saturated carbocycles. The van der Waals surface area contributed by atoms with Gasteiger partial charge in [0.2, 0.25) is 0 Å². The smallest absolute Gasteiger partial charge is 0.178 e. The number of hydrogen-bond acceptors (Lipinski definition) is 2. The van der Waals surface area contributed by atoms with E-state index in [9.17, 15) is 0 Å². The molecule has 162 valence electrons. The largest absolute Gasteiger partial charge is 0.452 e. The summed E-state index contributed by atoms with van der Waals surface area (Å²) in [6.45, 7) is 0. The Hall–Kier alpha value is -4.30. The van der Waals surface area contributed by atoms with Gasteiger partial charge in [0.25, 0.3) is 0 Å². The molecular formula is C32H22O2. The molecule has 0 spiro atoms. The van der Waals surface area contributed by atoms with E-state index in [-0.39, 0.29) is 0 Å². The first kappa shape index (κ1) is 19.2. The van der Waals surface area contributed by atoms with Crippen molar-refractivity contribution in [3.63, 3.8) is 0 Å². The Morgan fingerprint density at radius 3 is 1.26 bits per heavy atom. The first-order chi connectivity index (χ1) is 16.8. The van der Waals surface area contributed by atoms with Gasteiger partial charge in [-0.3, -0.25) is 0 Å². The van der Waals surface area contributed by atoms with E-state index >= 15 is 0 Å². The topological polar surface area (TPSA) is 26.3 Å². The Morgan fingerprint density at radius 1 is 0.382 bits per heavy atom. The van der Waals surface area contributed by atoms with Crippen LogP contribution in [0.4, 0.5) is 0 Å². The van der Waals surface area contributed by atoms with E-state index in [1.54, 1.807) is 0 Å². The van der Waals surface area contributed by atoms with E-state index in [1.165, 1.54) is 22.3 Å². The van der Waals surface area contributed by atoms with Crippen LogP contribution in [0, 0.1) is 0 Å². The lowest BCUT2D eigenvalue weighted by Crippen LogP contribution is -1.87. The van der Waals surface area contributed by atoms with E-state index in [1.807, 2.05) is 0 Å². The second-order valence-corrected chi connectivity index (χ2v) is 9.01. The lowest BCUT2D eigenvalue weighted by atomic mass is 10.0. The molecule has 2 heterocycles. The van der Waals surface area contributed by atoms with E-state index in [2.05, 4.69) is 109 Å². The zero-order chi connectivity index (χ0) is 22.5. The summed E-state index contributed by atoms with van der Waals surface area (Å²) in [4.78, 5) is 0. The van der Waals surface area contributed by atoms with Gasteiger partial charge in [0.05, 0.1) is 0 Å². The van der Waals surface area contributed by atoms with Gasteiger partial charge < -0.3 is 8.83 Å². The van der Waals surface area contributed by atoms with Crippen LogP contribution < -0.4 is 0 Å². The summed E-state index contributed by atoms with van der Waals surface area (Å²) in [6.07, 6.45) is 1.81. The molecule has 0 atom stereocenters. The quantitative estimate of drug-likeness (QED) is 0.275. The zero-order valence-corrected chi connectivity index (χ0v) is 18.6. The van der Waals surface area contributed by atoms with Crippen molar-refractivity contribution < 1.29 is 8.83 Å². The third-order valence-corrected chi connectivity index (χ3v) is 6.71. The van der Waals surface area contributed by atoms with Crippen molar-refractivity contribution in [1.29, 1.82) is 0 Å². The van der Waals surface area contributed by atoms with Crippen LogP contribution in [0.5, 0.6) is 0 Å². The predicted molar refractivity (Wildman–Crippen MR) is 139 cm³/mol. The average Bonchev–Trinajstić information content (AvgIpc) is 3.43. The molecule has 0 aliphatic carbocycles. The lowest BCUT2D eigenvalue weighted by Gasteiger charge is -2.02. The van der Waals surface area contributed by atoms with Crippen LogP contribution in [0.3, 0.4) is 0 Å². The van der Waals surface area contributed by atoms with Gasteiger partial charge in [-0.25, -0.2) is 0 Å². The number of rotatable bonds is 4. The Bertz CT molecular complexity index is 1650. The molecule has 0 bridgehead atoms. The molecule has 0 fully saturated rings. The summed E-state index contributed by atoms with van der Waals surface area (Å²) in [5.74, 6) is 0. The highest BCUT2D eigenvalue weighted by Gasteiger charge is 2.16. The fourth-order valence-corrected chi connectivity index (χ4v) is 5.05. The summed E-state index contributed by atoms with van der Waals surface area (Å²) >= 11 is 0. The van der Waals surface area contributed by atoms with E-state index in [0.717, 1.165) is 56.7 Å². The first-order valence-electron chi connectivity index (χ1n) is 11.7. The standard InChI is InChI=1S/C32H22O2/c1-3-7-21(8-4-1)17-23-11-15-29-27(19-23)25-13-14-26-28-20-24(18-22-9-5-2-6-10-22)12-16-30(28)34-32(26)31(25)33-29/h1-16,19-20H,17-18H2. The Labute approximate surface area is 197 Å². The van der Waals surface area contributed by atoms with Crippen LogP contribution in [-0.2, 0) is 12.8 Å². The van der Waals surface area contributed by atoms with Crippen LogP contribution in [0.25, 0.3) is 43.9 Å². The highest BCUT2D eigenvalue weighted by molar-refractivity contribution is 6.18. The van der Waals surface area contributed by atoms with Gasteiger partial charge >= 0.3 is 0 Å². The van der Waals surface area contributed by atoms with Crippen molar-refractivity contribution in [2.45, 2.75) is 12.8 Å². The molecule has 0 saturated heterocycles. The fourth-order valence-electron chi connectivity index (χ4n) is 5.05. The van der Waals surface area contributed by atoms with Crippen molar-refractivity contribution in [1.82, 2.24) is 0 Å². The molecule has 7 aromatic rings. The molecule has 2 nitrogen and oxygen atoms in total. The Kier molecular flexibility index (Phi) is 4.31. The van der Waals surface area contributed by atoms with Crippen molar-refractivity contribution in [2.24, 2.45) is 0 Å². The predicted octanol–water partition coefficient (Wildman–Crippen LogP) is 8.67. The minimum atomic E-state index is 0.824. The molecule has 0 unspecified atom stereocenters. The SMILES string of the molecule is c1ccc(Cc2ccc3oc4c(ccc5c6cc(Cc7ccccc7)ccc6oc54)c3c2)cc1. The van der Waals surface area contributed by atoms with Crippen LogP contribution in [0.2, 0.25) is 0 Å². The second-order valence-electron chi connectivity index (χ2n) is 9.01. The maximum Gasteiger partial charge on any atom is 0.178 e. The van der Waals surface area contributed by atoms with Gasteiger partial charge in [-0.2, -0.15) is 0 Å². The Morgan fingerprint density at radius 2 is 0.824 bits per heavy atom. The maximum absolute atomic E-state index is 6.33. The first-order valence-corrected chi connectivity index (χ1v) is 11.7. The van der Waals surface area contributed by atoms with Gasteiger partial charge in [-0.1, -0.05) is 72.8 Å². The van der Waals surface area contributed by atoms with Gasteiger partial charge in [-0.15, -0.1) is 0 Å². The number of furan rings is 2. The van der Waals surface area contributed by atoms with Gasteiger partial charge in [0.1, 0.15) is 11.2 Å². The minimum absolute atomic E-state index is 0.824. The molecule has 0 aliphatic rings. The molecule has 0 N–H and O–H groups in total. The Balaban J connectivity index is 1.34. The second kappa shape index (κ2) is 7.64. The lowest BCUT2D eigenvalue weighted by molar-refractivity contribution is 0.633. The minimum Gasteiger partial charge on any atom is -0.452 e. The normalized spacial score (nSPS) is 11.8. The van der Waals surface area contributed by atoms with Crippen molar-refractivity contribution in [3.05, 3.63) is 131 Å². The highest BCUT2D eigenvalue weighted by Crippen LogP contribution is 2.39. The molecule has 7 rings (SSSR count). The number of fused-ring (bicyclic) bond motifs is 7. The average molecular weight is 439 g/mol. The third-order valence-electron chi connectivity index (χ3n) is 6.71. The third kappa shape index (κ3) is 3.19. The van der Waals surface area contributed by atoms with E-state index in [0.29, 0.717) is 0 Å². The highest BCUT2D eigenvalue weighted by atomic mass is 16.4. The number of benzene rings is 5. The number of hydrogen-bond donors (Lipinski definition) is 0. The molecule has 0 amide bonds. The molecule has 2 heteroatoms. The maximum atomic E-state index is 6.33. The van der Waals surface area contributed by atoms with Crippen molar-refractivity contribution in [2.75, 3.05) is 0 Å².